The zero-order chi connectivity index (χ0) is 7.72. The van der Waals surface area contributed by atoms with Gasteiger partial charge in [0.25, 0.3) is 0 Å². The summed E-state index contributed by atoms with van der Waals surface area (Å²) >= 11 is 0. The summed E-state index contributed by atoms with van der Waals surface area (Å²) in [5.41, 5.74) is 0. The van der Waals surface area contributed by atoms with Gasteiger partial charge in [-0.2, -0.15) is 0 Å². The van der Waals surface area contributed by atoms with Gasteiger partial charge in [0, 0.05) is 13.0 Å². The van der Waals surface area contributed by atoms with Crippen LogP contribution in [0.5, 0.6) is 0 Å². The molecule has 1 saturated heterocycles. The first-order valence-corrected chi connectivity index (χ1v) is 3.53. The number of ether oxygens (including phenoxy) is 2. The number of hydrogen-bond acceptors (Lipinski definition) is 3. The van der Waals surface area contributed by atoms with Gasteiger partial charge in [0.2, 0.25) is 0 Å². The molecule has 60 valence electrons. The van der Waals surface area contributed by atoms with Crippen LogP contribution >= 0.6 is 0 Å². The number of methoxy groups -OCH3 is 1. The first kappa shape index (κ1) is 7.98. The number of hydrogen-bond donors (Lipinski definition) is 1. The summed E-state index contributed by atoms with van der Waals surface area (Å²) in [5, 5.41) is 9.36. The van der Waals surface area contributed by atoms with Crippen LogP contribution in [0, 0.1) is 5.92 Å². The summed E-state index contributed by atoms with van der Waals surface area (Å²) in [6.45, 7) is 3.77. The van der Waals surface area contributed by atoms with E-state index in [1.807, 2.05) is 13.8 Å². The Labute approximate surface area is 60.9 Å². The van der Waals surface area contributed by atoms with Gasteiger partial charge in [-0.1, -0.05) is 6.92 Å². The Kier molecular flexibility index (Phi) is 2.28. The van der Waals surface area contributed by atoms with Gasteiger partial charge < -0.3 is 14.6 Å². The average molecular weight is 146 g/mol. The fraction of sp³-hybridized carbons (Fsp3) is 1.00. The smallest absolute Gasteiger partial charge is 0.162 e. The minimum Gasteiger partial charge on any atom is -0.390 e. The van der Waals surface area contributed by atoms with Gasteiger partial charge in [-0.15, -0.1) is 0 Å². The molecule has 0 bridgehead atoms. The summed E-state index contributed by atoms with van der Waals surface area (Å²) in [7, 11) is 1.59. The van der Waals surface area contributed by atoms with Crippen LogP contribution in [0.15, 0.2) is 0 Å². The minimum absolute atomic E-state index is 0.0833. The third kappa shape index (κ3) is 1.17. The van der Waals surface area contributed by atoms with Crippen LogP contribution in [0.4, 0.5) is 0 Å². The fourth-order valence-corrected chi connectivity index (χ4v) is 1.27. The molecule has 1 heterocycles. The largest absolute Gasteiger partial charge is 0.390 e. The molecule has 3 heteroatoms. The molecule has 0 radical (unpaired) electrons. The predicted molar refractivity (Wildman–Crippen MR) is 36.5 cm³/mol. The van der Waals surface area contributed by atoms with Gasteiger partial charge in [0.1, 0.15) is 0 Å². The molecule has 1 rings (SSSR count). The predicted octanol–water partition coefficient (Wildman–Crippen LogP) is 0.375. The number of aliphatic hydroxyl groups is 1. The standard InChI is InChI=1S/C7H14O3/c1-4-6(8)5(2)10-7(4)9-3/h4-8H,1-3H3. The molecule has 0 aromatic rings. The lowest BCUT2D eigenvalue weighted by atomic mass is 10.0. The summed E-state index contributed by atoms with van der Waals surface area (Å²) < 4.78 is 10.2. The molecule has 0 aromatic heterocycles. The van der Waals surface area contributed by atoms with Crippen molar-refractivity contribution in [3.8, 4) is 0 Å². The zero-order valence-corrected chi connectivity index (χ0v) is 6.57. The first-order chi connectivity index (χ1) is 4.66. The summed E-state index contributed by atoms with van der Waals surface area (Å²) in [6, 6.07) is 0. The van der Waals surface area contributed by atoms with E-state index in [4.69, 9.17) is 9.47 Å². The second kappa shape index (κ2) is 2.86. The lowest BCUT2D eigenvalue weighted by Gasteiger charge is -2.12. The fourth-order valence-electron chi connectivity index (χ4n) is 1.27. The number of aliphatic hydroxyl groups excluding tert-OH is 1. The molecule has 0 aliphatic carbocycles. The van der Waals surface area contributed by atoms with E-state index in [0.29, 0.717) is 0 Å². The molecule has 1 aliphatic rings. The third-order valence-corrected chi connectivity index (χ3v) is 2.03. The maximum atomic E-state index is 9.36. The molecule has 1 fully saturated rings. The molecule has 4 atom stereocenters. The zero-order valence-electron chi connectivity index (χ0n) is 6.57. The van der Waals surface area contributed by atoms with E-state index in [0.717, 1.165) is 0 Å². The van der Waals surface area contributed by atoms with E-state index < -0.39 is 0 Å². The van der Waals surface area contributed by atoms with Crippen molar-refractivity contribution in [2.45, 2.75) is 32.3 Å². The van der Waals surface area contributed by atoms with Crippen LogP contribution < -0.4 is 0 Å². The molecule has 3 nitrogen and oxygen atoms in total. The van der Waals surface area contributed by atoms with E-state index in [1.54, 1.807) is 7.11 Å². The van der Waals surface area contributed by atoms with Gasteiger partial charge in [-0.05, 0) is 6.92 Å². The van der Waals surface area contributed by atoms with Gasteiger partial charge in [0.05, 0.1) is 12.2 Å². The van der Waals surface area contributed by atoms with Crippen molar-refractivity contribution in [3.63, 3.8) is 0 Å². The average Bonchev–Trinajstić information content (AvgIpc) is 2.17. The highest BCUT2D eigenvalue weighted by atomic mass is 16.7. The minimum atomic E-state index is -0.384. The van der Waals surface area contributed by atoms with E-state index in [9.17, 15) is 5.11 Å². The second-order valence-corrected chi connectivity index (χ2v) is 2.80. The molecule has 4 unspecified atom stereocenters. The summed E-state index contributed by atoms with van der Waals surface area (Å²) in [6.07, 6.45) is -0.713. The van der Waals surface area contributed by atoms with Crippen molar-refractivity contribution in [1.29, 1.82) is 0 Å². The van der Waals surface area contributed by atoms with E-state index in [1.165, 1.54) is 0 Å². The lowest BCUT2D eigenvalue weighted by Crippen LogP contribution is -2.23. The Morgan fingerprint density at radius 3 is 2.20 bits per heavy atom. The second-order valence-electron chi connectivity index (χ2n) is 2.80. The van der Waals surface area contributed by atoms with Crippen LogP contribution in [0.1, 0.15) is 13.8 Å². The normalized spacial score (nSPS) is 48.0. The highest BCUT2D eigenvalue weighted by Gasteiger charge is 2.38. The van der Waals surface area contributed by atoms with Crippen LogP contribution in [-0.2, 0) is 9.47 Å². The molecule has 1 N–H and O–H groups in total. The van der Waals surface area contributed by atoms with Crippen LogP contribution in [0.25, 0.3) is 0 Å². The van der Waals surface area contributed by atoms with Crippen molar-refractivity contribution >= 4 is 0 Å². The first-order valence-electron chi connectivity index (χ1n) is 3.53. The van der Waals surface area contributed by atoms with Gasteiger partial charge >= 0.3 is 0 Å². The van der Waals surface area contributed by atoms with Gasteiger partial charge in [0.15, 0.2) is 6.29 Å². The molecule has 0 spiro atoms. The van der Waals surface area contributed by atoms with E-state index in [-0.39, 0.29) is 24.4 Å². The highest BCUT2D eigenvalue weighted by Crippen LogP contribution is 2.26. The van der Waals surface area contributed by atoms with E-state index >= 15 is 0 Å². The topological polar surface area (TPSA) is 38.7 Å². The molecule has 1 aliphatic heterocycles. The van der Waals surface area contributed by atoms with Crippen LogP contribution in [-0.4, -0.2) is 30.7 Å². The highest BCUT2D eigenvalue weighted by molar-refractivity contribution is 4.80. The molecule has 10 heavy (non-hydrogen) atoms. The van der Waals surface area contributed by atoms with Crippen molar-refractivity contribution in [1.82, 2.24) is 0 Å². The molecule has 0 saturated carbocycles. The summed E-state index contributed by atoms with van der Waals surface area (Å²) in [5.74, 6) is 0.0833. The van der Waals surface area contributed by atoms with E-state index in [2.05, 4.69) is 0 Å². The maximum Gasteiger partial charge on any atom is 0.162 e. The number of rotatable bonds is 1. The Morgan fingerprint density at radius 1 is 1.40 bits per heavy atom. The molecule has 0 aromatic carbocycles. The monoisotopic (exact) mass is 146 g/mol. The summed E-state index contributed by atoms with van der Waals surface area (Å²) in [4.78, 5) is 0. The van der Waals surface area contributed by atoms with Gasteiger partial charge in [-0.3, -0.25) is 0 Å². The molecular formula is C7H14O3. The third-order valence-electron chi connectivity index (χ3n) is 2.03. The molecular weight excluding hydrogens is 132 g/mol. The Bertz CT molecular complexity index is 115. The Balaban J connectivity index is 2.53. The Hall–Kier alpha value is -0.120. The quantitative estimate of drug-likeness (QED) is 0.581. The Morgan fingerprint density at radius 2 is 2.00 bits per heavy atom. The van der Waals surface area contributed by atoms with Gasteiger partial charge in [-0.25, -0.2) is 0 Å². The lowest BCUT2D eigenvalue weighted by molar-refractivity contribution is -0.125. The van der Waals surface area contributed by atoms with Crippen molar-refractivity contribution in [3.05, 3.63) is 0 Å². The maximum absolute atomic E-state index is 9.36. The van der Waals surface area contributed by atoms with Crippen LogP contribution in [0.2, 0.25) is 0 Å². The SMILES string of the molecule is COC1OC(C)C(O)C1C. The van der Waals surface area contributed by atoms with Crippen molar-refractivity contribution in [2.75, 3.05) is 7.11 Å². The van der Waals surface area contributed by atoms with Crippen molar-refractivity contribution in [2.24, 2.45) is 5.92 Å². The molecule has 0 amide bonds. The van der Waals surface area contributed by atoms with Crippen LogP contribution in [0.3, 0.4) is 0 Å². The van der Waals surface area contributed by atoms with Crippen molar-refractivity contribution < 1.29 is 14.6 Å².